The monoisotopic (exact) mass is 313 g/mol. The molecule has 2 aromatic carbocycles. The van der Waals surface area contributed by atoms with Crippen molar-refractivity contribution in [3.8, 4) is 0 Å². The third-order valence-corrected chi connectivity index (χ3v) is 3.60. The highest BCUT2D eigenvalue weighted by Gasteiger charge is 2.08. The smallest absolute Gasteiger partial charge is 0.239 e. The molecule has 0 bridgehead atoms. The third kappa shape index (κ3) is 5.38. The molecule has 0 heterocycles. The summed E-state index contributed by atoms with van der Waals surface area (Å²) >= 11 is 0. The van der Waals surface area contributed by atoms with Gasteiger partial charge in [-0.15, -0.1) is 0 Å². The molecule has 0 spiro atoms. The van der Waals surface area contributed by atoms with Gasteiger partial charge in [-0.05, 0) is 36.3 Å². The first kappa shape index (κ1) is 17.0. The van der Waals surface area contributed by atoms with Crippen LogP contribution < -0.4 is 16.0 Å². The summed E-state index contributed by atoms with van der Waals surface area (Å²) in [6.07, 6.45) is 1.14. The van der Waals surface area contributed by atoms with Crippen molar-refractivity contribution in [3.63, 3.8) is 0 Å². The van der Waals surface area contributed by atoms with Crippen molar-refractivity contribution in [2.75, 3.05) is 26.7 Å². The van der Waals surface area contributed by atoms with E-state index in [1.807, 2.05) is 49.5 Å². The van der Waals surface area contributed by atoms with Gasteiger partial charge in [0.1, 0.15) is 0 Å². The molecule has 0 radical (unpaired) electrons. The lowest BCUT2D eigenvalue weighted by Gasteiger charge is -2.08. The molecule has 0 unspecified atom stereocenters. The van der Waals surface area contributed by atoms with Crippen LogP contribution in [0.2, 0.25) is 0 Å². The van der Waals surface area contributed by atoms with Crippen LogP contribution in [0.5, 0.6) is 0 Å². The summed E-state index contributed by atoms with van der Waals surface area (Å²) < 4.78 is 0. The van der Waals surface area contributed by atoms with Crippen LogP contribution >= 0.6 is 0 Å². The van der Waals surface area contributed by atoms with Crippen molar-refractivity contribution in [2.45, 2.75) is 12.8 Å². The summed E-state index contributed by atoms with van der Waals surface area (Å²) in [5, 5.41) is 10.6. The lowest BCUT2D eigenvalue weighted by Crippen LogP contribution is -2.38. The zero-order chi connectivity index (χ0) is 16.5. The SMILES string of the molecule is CNCCCNC(=O)CNC(=O)Cc1cccc2ccccc12. The zero-order valence-electron chi connectivity index (χ0n) is 13.4. The predicted molar refractivity (Wildman–Crippen MR) is 92.2 cm³/mol. The molecule has 5 nitrogen and oxygen atoms in total. The van der Waals surface area contributed by atoms with E-state index in [1.165, 1.54) is 0 Å². The summed E-state index contributed by atoms with van der Waals surface area (Å²) in [6, 6.07) is 13.9. The molecule has 5 heteroatoms. The van der Waals surface area contributed by atoms with Gasteiger partial charge in [-0.1, -0.05) is 42.5 Å². The van der Waals surface area contributed by atoms with E-state index in [9.17, 15) is 9.59 Å². The van der Waals surface area contributed by atoms with Gasteiger partial charge in [0.25, 0.3) is 0 Å². The van der Waals surface area contributed by atoms with Gasteiger partial charge in [-0.3, -0.25) is 9.59 Å². The fraction of sp³-hybridized carbons (Fsp3) is 0.333. The first-order valence-corrected chi connectivity index (χ1v) is 7.85. The number of benzene rings is 2. The number of rotatable bonds is 8. The standard InChI is InChI=1S/C18H23N3O2/c1-19-10-5-11-20-18(23)13-21-17(22)12-15-8-4-7-14-6-2-3-9-16(14)15/h2-4,6-9,19H,5,10-13H2,1H3,(H,20,23)(H,21,22). The number of hydrogen-bond acceptors (Lipinski definition) is 3. The van der Waals surface area contributed by atoms with E-state index in [0.717, 1.165) is 29.3 Å². The fourth-order valence-corrected chi connectivity index (χ4v) is 2.42. The van der Waals surface area contributed by atoms with E-state index < -0.39 is 0 Å². The maximum atomic E-state index is 12.0. The van der Waals surface area contributed by atoms with E-state index in [4.69, 9.17) is 0 Å². The number of amides is 2. The molecule has 2 amide bonds. The number of carbonyl (C=O) groups is 2. The Labute approximate surface area is 136 Å². The number of fused-ring (bicyclic) bond motifs is 1. The van der Waals surface area contributed by atoms with Gasteiger partial charge in [0.2, 0.25) is 11.8 Å². The summed E-state index contributed by atoms with van der Waals surface area (Å²) in [5.41, 5.74) is 0.968. The van der Waals surface area contributed by atoms with E-state index in [1.54, 1.807) is 0 Å². The Hall–Kier alpha value is -2.40. The molecule has 0 aromatic heterocycles. The Morgan fingerprint density at radius 3 is 2.52 bits per heavy atom. The molecule has 0 aliphatic carbocycles. The molecule has 2 aromatic rings. The van der Waals surface area contributed by atoms with Crippen LogP contribution in [0.15, 0.2) is 42.5 Å². The summed E-state index contributed by atoms with van der Waals surface area (Å²) in [7, 11) is 1.87. The maximum Gasteiger partial charge on any atom is 0.239 e. The molecule has 2 rings (SSSR count). The molecule has 0 saturated heterocycles. The van der Waals surface area contributed by atoms with Gasteiger partial charge in [0.05, 0.1) is 13.0 Å². The number of carbonyl (C=O) groups excluding carboxylic acids is 2. The Bertz CT molecular complexity index is 665. The van der Waals surface area contributed by atoms with Crippen molar-refractivity contribution < 1.29 is 9.59 Å². The van der Waals surface area contributed by atoms with Crippen molar-refractivity contribution in [1.82, 2.24) is 16.0 Å². The van der Waals surface area contributed by atoms with E-state index in [2.05, 4.69) is 16.0 Å². The minimum absolute atomic E-state index is 0.0170. The zero-order valence-corrected chi connectivity index (χ0v) is 13.4. The van der Waals surface area contributed by atoms with Crippen molar-refractivity contribution in [2.24, 2.45) is 0 Å². The average molecular weight is 313 g/mol. The third-order valence-electron chi connectivity index (χ3n) is 3.60. The second kappa shape index (κ2) is 8.90. The normalized spacial score (nSPS) is 10.5. The second-order valence-corrected chi connectivity index (χ2v) is 5.40. The summed E-state index contributed by atoms with van der Waals surface area (Å²) in [5.74, 6) is -0.306. The van der Waals surface area contributed by atoms with Crippen molar-refractivity contribution in [3.05, 3.63) is 48.0 Å². The molecule has 0 aliphatic rings. The predicted octanol–water partition coefficient (Wildman–Crippen LogP) is 1.22. The number of nitrogens with one attached hydrogen (secondary N) is 3. The fourth-order valence-electron chi connectivity index (χ4n) is 2.42. The van der Waals surface area contributed by atoms with Crippen molar-refractivity contribution in [1.29, 1.82) is 0 Å². The topological polar surface area (TPSA) is 70.2 Å². The highest BCUT2D eigenvalue weighted by Crippen LogP contribution is 2.18. The first-order valence-electron chi connectivity index (χ1n) is 7.85. The van der Waals surface area contributed by atoms with E-state index in [-0.39, 0.29) is 24.8 Å². The van der Waals surface area contributed by atoms with Crippen molar-refractivity contribution >= 4 is 22.6 Å². The molecule has 3 N–H and O–H groups in total. The maximum absolute atomic E-state index is 12.0. The molecule has 0 atom stereocenters. The van der Waals surface area contributed by atoms with Gasteiger partial charge in [-0.25, -0.2) is 0 Å². The Morgan fingerprint density at radius 2 is 1.70 bits per heavy atom. The van der Waals surface area contributed by atoms with Crippen LogP contribution in [0.3, 0.4) is 0 Å². The minimum atomic E-state index is -0.160. The van der Waals surface area contributed by atoms with Crippen LogP contribution in [0.25, 0.3) is 10.8 Å². The lowest BCUT2D eigenvalue weighted by atomic mass is 10.0. The largest absolute Gasteiger partial charge is 0.355 e. The Morgan fingerprint density at radius 1 is 0.913 bits per heavy atom. The molecule has 0 saturated carbocycles. The molecule has 23 heavy (non-hydrogen) atoms. The van der Waals surface area contributed by atoms with E-state index >= 15 is 0 Å². The molecule has 0 fully saturated rings. The highest BCUT2D eigenvalue weighted by atomic mass is 16.2. The number of hydrogen-bond donors (Lipinski definition) is 3. The second-order valence-electron chi connectivity index (χ2n) is 5.40. The van der Waals surface area contributed by atoms with E-state index in [0.29, 0.717) is 6.54 Å². The minimum Gasteiger partial charge on any atom is -0.355 e. The molecular weight excluding hydrogens is 290 g/mol. The Balaban J connectivity index is 1.81. The molecule has 0 aliphatic heterocycles. The van der Waals surface area contributed by atoms with Gasteiger partial charge in [0, 0.05) is 6.54 Å². The van der Waals surface area contributed by atoms with Crippen LogP contribution in [-0.2, 0) is 16.0 Å². The summed E-state index contributed by atoms with van der Waals surface area (Å²) in [4.78, 5) is 23.7. The van der Waals surface area contributed by atoms with Gasteiger partial charge in [-0.2, -0.15) is 0 Å². The highest BCUT2D eigenvalue weighted by molar-refractivity contribution is 5.91. The van der Waals surface area contributed by atoms with Gasteiger partial charge in [0.15, 0.2) is 0 Å². The molecule has 122 valence electrons. The Kier molecular flexibility index (Phi) is 6.56. The summed E-state index contributed by atoms with van der Waals surface area (Å²) in [6.45, 7) is 1.48. The van der Waals surface area contributed by atoms with Crippen LogP contribution in [0.1, 0.15) is 12.0 Å². The van der Waals surface area contributed by atoms with Crippen LogP contribution in [0, 0.1) is 0 Å². The van der Waals surface area contributed by atoms with Crippen LogP contribution in [0.4, 0.5) is 0 Å². The molecular formula is C18H23N3O2. The lowest BCUT2D eigenvalue weighted by molar-refractivity contribution is -0.125. The van der Waals surface area contributed by atoms with Gasteiger partial charge < -0.3 is 16.0 Å². The quantitative estimate of drug-likeness (QED) is 0.642. The average Bonchev–Trinajstić information content (AvgIpc) is 2.57. The van der Waals surface area contributed by atoms with Crippen LogP contribution in [-0.4, -0.2) is 38.5 Å². The van der Waals surface area contributed by atoms with Gasteiger partial charge >= 0.3 is 0 Å². The first-order chi connectivity index (χ1) is 11.2.